The fourth-order valence-electron chi connectivity index (χ4n) is 2.67. The van der Waals surface area contributed by atoms with E-state index in [-0.39, 0.29) is 5.56 Å². The smallest absolute Gasteiger partial charge is 0.381 e. The van der Waals surface area contributed by atoms with E-state index in [1.165, 1.54) is 19.2 Å². The fourth-order valence-corrected chi connectivity index (χ4v) is 2.67. The Hall–Kier alpha value is -1.11. The molecule has 2 rings (SSSR count). The molecule has 0 spiro atoms. The van der Waals surface area contributed by atoms with Crippen LogP contribution in [0.1, 0.15) is 30.0 Å². The molecule has 20 heavy (non-hydrogen) atoms. The van der Waals surface area contributed by atoms with Crippen LogP contribution in [0.4, 0.5) is 13.2 Å². The summed E-state index contributed by atoms with van der Waals surface area (Å²) in [4.78, 5) is 0. The van der Waals surface area contributed by atoms with Crippen molar-refractivity contribution in [3.8, 4) is 0 Å². The van der Waals surface area contributed by atoms with Crippen molar-refractivity contribution in [3.05, 3.63) is 35.4 Å². The number of ether oxygens (including phenoxy) is 2. The first-order chi connectivity index (χ1) is 9.41. The summed E-state index contributed by atoms with van der Waals surface area (Å²) >= 11 is 0. The van der Waals surface area contributed by atoms with E-state index in [1.54, 1.807) is 6.07 Å². The zero-order chi connectivity index (χ0) is 14.8. The lowest BCUT2D eigenvalue weighted by Gasteiger charge is -2.41. The Balaban J connectivity index is 2.40. The van der Waals surface area contributed by atoms with Crippen LogP contribution in [0.5, 0.6) is 0 Å². The standard InChI is InChI=1S/C14H18F3NO2/c1-19-13(6-8-20-9-7-13)12(18)10-4-2-3-5-11(10)14(15,16)17/h2-5,12H,6-9,18H2,1H3. The van der Waals surface area contributed by atoms with Gasteiger partial charge in [0.05, 0.1) is 17.2 Å². The van der Waals surface area contributed by atoms with Gasteiger partial charge in [0.25, 0.3) is 0 Å². The zero-order valence-electron chi connectivity index (χ0n) is 11.2. The van der Waals surface area contributed by atoms with Crippen LogP contribution in [-0.4, -0.2) is 25.9 Å². The molecule has 1 fully saturated rings. The topological polar surface area (TPSA) is 44.5 Å². The van der Waals surface area contributed by atoms with Crippen LogP contribution in [0.3, 0.4) is 0 Å². The average Bonchev–Trinajstić information content (AvgIpc) is 2.46. The number of nitrogens with two attached hydrogens (primary N) is 1. The molecule has 1 unspecified atom stereocenters. The molecular weight excluding hydrogens is 271 g/mol. The number of halogens is 3. The third-order valence-electron chi connectivity index (χ3n) is 3.91. The minimum Gasteiger partial charge on any atom is -0.381 e. The zero-order valence-corrected chi connectivity index (χ0v) is 11.2. The summed E-state index contributed by atoms with van der Waals surface area (Å²) in [6, 6.07) is 4.56. The molecule has 0 radical (unpaired) electrons. The highest BCUT2D eigenvalue weighted by Crippen LogP contribution is 2.41. The number of benzene rings is 1. The second kappa shape index (κ2) is 5.71. The lowest BCUT2D eigenvalue weighted by Crippen LogP contribution is -2.47. The largest absolute Gasteiger partial charge is 0.416 e. The Morgan fingerprint density at radius 1 is 1.25 bits per heavy atom. The van der Waals surface area contributed by atoms with Crippen molar-refractivity contribution >= 4 is 0 Å². The van der Waals surface area contributed by atoms with E-state index in [0.717, 1.165) is 6.07 Å². The molecule has 1 heterocycles. The average molecular weight is 289 g/mol. The normalized spacial score (nSPS) is 20.6. The van der Waals surface area contributed by atoms with Crippen LogP contribution in [-0.2, 0) is 15.7 Å². The second-order valence-electron chi connectivity index (χ2n) is 4.94. The monoisotopic (exact) mass is 289 g/mol. The Bertz CT molecular complexity index is 456. The maximum atomic E-state index is 13.1. The molecule has 1 atom stereocenters. The van der Waals surface area contributed by atoms with Gasteiger partial charge in [-0.05, 0) is 11.6 Å². The van der Waals surface area contributed by atoms with Crippen molar-refractivity contribution in [3.63, 3.8) is 0 Å². The van der Waals surface area contributed by atoms with Crippen LogP contribution in [0.15, 0.2) is 24.3 Å². The summed E-state index contributed by atoms with van der Waals surface area (Å²) in [5.74, 6) is 0. The van der Waals surface area contributed by atoms with Gasteiger partial charge in [-0.3, -0.25) is 0 Å². The Labute approximate surface area is 115 Å². The lowest BCUT2D eigenvalue weighted by molar-refractivity contribution is -0.140. The fraction of sp³-hybridized carbons (Fsp3) is 0.571. The van der Waals surface area contributed by atoms with Gasteiger partial charge in [-0.2, -0.15) is 13.2 Å². The van der Waals surface area contributed by atoms with Crippen LogP contribution >= 0.6 is 0 Å². The minimum atomic E-state index is -4.42. The molecule has 2 N–H and O–H groups in total. The molecule has 1 aliphatic rings. The maximum absolute atomic E-state index is 13.1. The van der Waals surface area contributed by atoms with Gasteiger partial charge in [0.2, 0.25) is 0 Å². The predicted molar refractivity (Wildman–Crippen MR) is 68.2 cm³/mol. The molecule has 112 valence electrons. The highest BCUT2D eigenvalue weighted by molar-refractivity contribution is 5.34. The molecule has 6 heteroatoms. The van der Waals surface area contributed by atoms with Crippen molar-refractivity contribution < 1.29 is 22.6 Å². The Morgan fingerprint density at radius 3 is 2.40 bits per heavy atom. The van der Waals surface area contributed by atoms with Crippen LogP contribution in [0.25, 0.3) is 0 Å². The number of hydrogen-bond donors (Lipinski definition) is 1. The maximum Gasteiger partial charge on any atom is 0.416 e. The molecule has 1 aliphatic heterocycles. The van der Waals surface area contributed by atoms with E-state index >= 15 is 0 Å². The summed E-state index contributed by atoms with van der Waals surface area (Å²) in [7, 11) is 1.49. The first kappa shape index (κ1) is 15.3. The van der Waals surface area contributed by atoms with Crippen molar-refractivity contribution in [1.82, 2.24) is 0 Å². The first-order valence-corrected chi connectivity index (χ1v) is 6.45. The van der Waals surface area contributed by atoms with E-state index in [9.17, 15) is 13.2 Å². The van der Waals surface area contributed by atoms with Gasteiger partial charge in [0.15, 0.2) is 0 Å². The van der Waals surface area contributed by atoms with Crippen LogP contribution in [0.2, 0.25) is 0 Å². The third-order valence-corrected chi connectivity index (χ3v) is 3.91. The van der Waals surface area contributed by atoms with Crippen molar-refractivity contribution in [2.75, 3.05) is 20.3 Å². The number of rotatable bonds is 3. The van der Waals surface area contributed by atoms with E-state index in [2.05, 4.69) is 0 Å². The minimum absolute atomic E-state index is 0.0729. The van der Waals surface area contributed by atoms with Gasteiger partial charge < -0.3 is 15.2 Å². The summed E-state index contributed by atoms with van der Waals surface area (Å²) < 4.78 is 50.0. The molecule has 1 aromatic carbocycles. The summed E-state index contributed by atoms with van der Waals surface area (Å²) in [6.45, 7) is 0.880. The highest BCUT2D eigenvalue weighted by Gasteiger charge is 2.43. The van der Waals surface area contributed by atoms with E-state index in [1.807, 2.05) is 0 Å². The molecule has 0 aliphatic carbocycles. The van der Waals surface area contributed by atoms with Gasteiger partial charge in [-0.15, -0.1) is 0 Å². The van der Waals surface area contributed by atoms with Crippen molar-refractivity contribution in [2.45, 2.75) is 30.7 Å². The van der Waals surface area contributed by atoms with Gasteiger partial charge in [0.1, 0.15) is 0 Å². The molecule has 0 aromatic heterocycles. The number of hydrogen-bond acceptors (Lipinski definition) is 3. The third kappa shape index (κ3) is 2.82. The van der Waals surface area contributed by atoms with Gasteiger partial charge in [0, 0.05) is 33.2 Å². The number of alkyl halides is 3. The molecule has 0 bridgehead atoms. The lowest BCUT2D eigenvalue weighted by atomic mass is 9.81. The highest BCUT2D eigenvalue weighted by atomic mass is 19.4. The molecular formula is C14H18F3NO2. The van der Waals surface area contributed by atoms with Gasteiger partial charge in [-0.25, -0.2) is 0 Å². The predicted octanol–water partition coefficient (Wildman–Crippen LogP) is 2.90. The van der Waals surface area contributed by atoms with Gasteiger partial charge in [-0.1, -0.05) is 18.2 Å². The molecule has 1 saturated heterocycles. The van der Waals surface area contributed by atoms with Crippen molar-refractivity contribution in [2.24, 2.45) is 5.73 Å². The molecule has 3 nitrogen and oxygen atoms in total. The van der Waals surface area contributed by atoms with E-state index in [0.29, 0.717) is 26.1 Å². The van der Waals surface area contributed by atoms with E-state index < -0.39 is 23.4 Å². The van der Waals surface area contributed by atoms with Crippen LogP contribution < -0.4 is 5.73 Å². The van der Waals surface area contributed by atoms with Crippen molar-refractivity contribution in [1.29, 1.82) is 0 Å². The second-order valence-corrected chi connectivity index (χ2v) is 4.94. The molecule has 0 saturated carbocycles. The Morgan fingerprint density at radius 2 is 1.85 bits per heavy atom. The molecule has 0 amide bonds. The van der Waals surface area contributed by atoms with Crippen LogP contribution in [0, 0.1) is 0 Å². The first-order valence-electron chi connectivity index (χ1n) is 6.45. The summed E-state index contributed by atoms with van der Waals surface area (Å²) in [6.07, 6.45) is -3.46. The Kier molecular flexibility index (Phi) is 4.36. The van der Waals surface area contributed by atoms with Gasteiger partial charge >= 0.3 is 6.18 Å². The summed E-state index contributed by atoms with van der Waals surface area (Å²) in [5, 5.41) is 0. The summed E-state index contributed by atoms with van der Waals surface area (Å²) in [5.41, 5.74) is 4.70. The molecule has 1 aromatic rings. The number of methoxy groups -OCH3 is 1. The SMILES string of the molecule is COC1(C(N)c2ccccc2C(F)(F)F)CCOCC1. The van der Waals surface area contributed by atoms with E-state index in [4.69, 9.17) is 15.2 Å². The quantitative estimate of drug-likeness (QED) is 0.930.